The van der Waals surface area contributed by atoms with E-state index in [1.165, 1.54) is 0 Å². The Hall–Kier alpha value is -2.03. The third kappa shape index (κ3) is 1.98. The lowest BCUT2D eigenvalue weighted by molar-refractivity contribution is 0.298. The Kier molecular flexibility index (Phi) is 2.77. The first-order chi connectivity index (χ1) is 7.70. The van der Waals surface area contributed by atoms with Crippen molar-refractivity contribution < 1.29 is 9.84 Å². The fourth-order valence-electron chi connectivity index (χ4n) is 1.53. The normalized spacial score (nSPS) is 10.3. The fourth-order valence-corrected chi connectivity index (χ4v) is 1.53. The Morgan fingerprint density at radius 2 is 2.19 bits per heavy atom. The first-order valence-electron chi connectivity index (χ1n) is 5.11. The second kappa shape index (κ2) is 4.23. The number of hydrogen-bond donors (Lipinski definition) is 1. The van der Waals surface area contributed by atoms with Gasteiger partial charge in [-0.3, -0.25) is 4.98 Å². The monoisotopic (exact) mass is 215 g/mol. The molecule has 0 saturated heterocycles. The number of aromatic nitrogens is 1. The predicted molar refractivity (Wildman–Crippen MR) is 64.1 cm³/mol. The van der Waals surface area contributed by atoms with Gasteiger partial charge in [-0.15, -0.1) is 0 Å². The van der Waals surface area contributed by atoms with Gasteiger partial charge in [0.15, 0.2) is 0 Å². The van der Waals surface area contributed by atoms with Gasteiger partial charge in [0.25, 0.3) is 0 Å². The van der Waals surface area contributed by atoms with Gasteiger partial charge in [-0.2, -0.15) is 0 Å². The SMILES string of the molecule is C=C(OCC)c1cc2cc(O)ccc2cn1. The minimum atomic E-state index is 0.242. The van der Waals surface area contributed by atoms with Crippen molar-refractivity contribution in [1.82, 2.24) is 4.98 Å². The molecule has 1 heterocycles. The summed E-state index contributed by atoms with van der Waals surface area (Å²) in [7, 11) is 0. The van der Waals surface area contributed by atoms with Crippen molar-refractivity contribution in [3.05, 3.63) is 42.7 Å². The molecule has 0 aliphatic carbocycles. The Balaban J connectivity index is 2.46. The van der Waals surface area contributed by atoms with Crippen LogP contribution in [0.1, 0.15) is 12.6 Å². The molecule has 1 N–H and O–H groups in total. The number of hydrogen-bond acceptors (Lipinski definition) is 3. The van der Waals surface area contributed by atoms with E-state index >= 15 is 0 Å². The summed E-state index contributed by atoms with van der Waals surface area (Å²) in [5, 5.41) is 11.3. The maximum Gasteiger partial charge on any atom is 0.137 e. The number of rotatable bonds is 3. The smallest absolute Gasteiger partial charge is 0.137 e. The second-order valence-electron chi connectivity index (χ2n) is 3.46. The van der Waals surface area contributed by atoms with Crippen LogP contribution in [0.3, 0.4) is 0 Å². The number of phenolic OH excluding ortho intramolecular Hbond substituents is 1. The summed E-state index contributed by atoms with van der Waals surface area (Å²) in [5.41, 5.74) is 0.694. The van der Waals surface area contributed by atoms with E-state index in [0.29, 0.717) is 18.1 Å². The van der Waals surface area contributed by atoms with Crippen LogP contribution < -0.4 is 0 Å². The largest absolute Gasteiger partial charge is 0.508 e. The van der Waals surface area contributed by atoms with Crippen molar-refractivity contribution >= 4 is 16.5 Å². The molecule has 3 nitrogen and oxygen atoms in total. The Bertz CT molecular complexity index is 534. The Morgan fingerprint density at radius 1 is 1.38 bits per heavy atom. The van der Waals surface area contributed by atoms with Crippen molar-refractivity contribution in [3.63, 3.8) is 0 Å². The van der Waals surface area contributed by atoms with Gasteiger partial charge in [-0.05, 0) is 36.6 Å². The average molecular weight is 215 g/mol. The van der Waals surface area contributed by atoms with Crippen LogP contribution in [0.5, 0.6) is 5.75 Å². The Morgan fingerprint density at radius 3 is 2.94 bits per heavy atom. The van der Waals surface area contributed by atoms with Gasteiger partial charge in [0.05, 0.1) is 6.61 Å². The van der Waals surface area contributed by atoms with Gasteiger partial charge in [0.1, 0.15) is 17.2 Å². The van der Waals surface area contributed by atoms with E-state index in [-0.39, 0.29) is 5.75 Å². The summed E-state index contributed by atoms with van der Waals surface area (Å²) in [6.07, 6.45) is 1.74. The summed E-state index contributed by atoms with van der Waals surface area (Å²) in [5.74, 6) is 0.791. The van der Waals surface area contributed by atoms with Crippen LogP contribution in [-0.2, 0) is 4.74 Å². The molecule has 82 valence electrons. The predicted octanol–water partition coefficient (Wildman–Crippen LogP) is 2.95. The molecule has 2 rings (SSSR count). The molecular weight excluding hydrogens is 202 g/mol. The molecule has 0 unspecified atom stereocenters. The third-order valence-electron chi connectivity index (χ3n) is 2.31. The number of pyridine rings is 1. The van der Waals surface area contributed by atoms with Crippen molar-refractivity contribution in [3.8, 4) is 5.75 Å². The molecule has 0 atom stereocenters. The lowest BCUT2D eigenvalue weighted by Crippen LogP contribution is -1.93. The molecule has 0 aliphatic heterocycles. The maximum absolute atomic E-state index is 9.39. The second-order valence-corrected chi connectivity index (χ2v) is 3.46. The van der Waals surface area contributed by atoms with Gasteiger partial charge in [0, 0.05) is 11.6 Å². The molecule has 0 spiro atoms. The fraction of sp³-hybridized carbons (Fsp3) is 0.154. The van der Waals surface area contributed by atoms with Crippen LogP contribution in [0.4, 0.5) is 0 Å². The number of nitrogens with zero attached hydrogens (tertiary/aromatic N) is 1. The maximum atomic E-state index is 9.39. The summed E-state index contributed by atoms with van der Waals surface area (Å²) < 4.78 is 5.29. The van der Waals surface area contributed by atoms with Gasteiger partial charge >= 0.3 is 0 Å². The van der Waals surface area contributed by atoms with E-state index < -0.39 is 0 Å². The van der Waals surface area contributed by atoms with Gasteiger partial charge in [-0.25, -0.2) is 0 Å². The molecule has 1 aromatic heterocycles. The summed E-state index contributed by atoms with van der Waals surface area (Å²) in [6, 6.07) is 7.01. The number of fused-ring (bicyclic) bond motifs is 1. The van der Waals surface area contributed by atoms with Crippen molar-refractivity contribution in [2.45, 2.75) is 6.92 Å². The molecule has 0 bridgehead atoms. The highest BCUT2D eigenvalue weighted by Crippen LogP contribution is 2.22. The number of phenols is 1. The van der Waals surface area contributed by atoms with Gasteiger partial charge in [-0.1, -0.05) is 6.58 Å². The number of aromatic hydroxyl groups is 1. The van der Waals surface area contributed by atoms with E-state index in [0.717, 1.165) is 10.8 Å². The van der Waals surface area contributed by atoms with Crippen LogP contribution in [0.15, 0.2) is 37.0 Å². The highest BCUT2D eigenvalue weighted by atomic mass is 16.5. The molecule has 0 amide bonds. The summed E-state index contributed by atoms with van der Waals surface area (Å²) in [4.78, 5) is 4.25. The standard InChI is InChI=1S/C13H13NO2/c1-3-16-9(2)13-7-11-6-12(15)5-4-10(11)8-14-13/h4-8,15H,2-3H2,1H3. The van der Waals surface area contributed by atoms with Crippen LogP contribution in [0, 0.1) is 0 Å². The quantitative estimate of drug-likeness (QED) is 0.800. The number of ether oxygens (including phenoxy) is 1. The topological polar surface area (TPSA) is 42.4 Å². The summed E-state index contributed by atoms with van der Waals surface area (Å²) in [6.45, 7) is 6.27. The van der Waals surface area contributed by atoms with E-state index in [9.17, 15) is 5.11 Å². The van der Waals surface area contributed by atoms with E-state index in [4.69, 9.17) is 4.74 Å². The number of benzene rings is 1. The zero-order valence-corrected chi connectivity index (χ0v) is 9.10. The van der Waals surface area contributed by atoms with E-state index in [2.05, 4.69) is 11.6 Å². The van der Waals surface area contributed by atoms with E-state index in [1.54, 1.807) is 18.3 Å². The molecule has 0 radical (unpaired) electrons. The molecule has 2 aromatic rings. The van der Waals surface area contributed by atoms with Crippen LogP contribution in [-0.4, -0.2) is 16.7 Å². The zero-order valence-electron chi connectivity index (χ0n) is 9.10. The zero-order chi connectivity index (χ0) is 11.5. The van der Waals surface area contributed by atoms with Crippen molar-refractivity contribution in [2.24, 2.45) is 0 Å². The molecule has 16 heavy (non-hydrogen) atoms. The van der Waals surface area contributed by atoms with Crippen molar-refractivity contribution in [1.29, 1.82) is 0 Å². The average Bonchev–Trinajstić information content (AvgIpc) is 2.28. The highest BCUT2D eigenvalue weighted by Gasteiger charge is 2.03. The molecular formula is C13H13NO2. The lowest BCUT2D eigenvalue weighted by atomic mass is 10.1. The van der Waals surface area contributed by atoms with Crippen LogP contribution in [0.25, 0.3) is 16.5 Å². The highest BCUT2D eigenvalue weighted by molar-refractivity contribution is 5.84. The summed E-state index contributed by atoms with van der Waals surface area (Å²) >= 11 is 0. The molecule has 0 fully saturated rings. The van der Waals surface area contributed by atoms with Crippen LogP contribution >= 0.6 is 0 Å². The first kappa shape index (κ1) is 10.5. The third-order valence-corrected chi connectivity index (χ3v) is 2.31. The van der Waals surface area contributed by atoms with Crippen molar-refractivity contribution in [2.75, 3.05) is 6.61 Å². The van der Waals surface area contributed by atoms with Gasteiger partial charge < -0.3 is 9.84 Å². The minimum Gasteiger partial charge on any atom is -0.508 e. The first-order valence-corrected chi connectivity index (χ1v) is 5.11. The molecule has 3 heteroatoms. The minimum absolute atomic E-state index is 0.242. The molecule has 1 aromatic carbocycles. The van der Waals surface area contributed by atoms with Crippen LogP contribution in [0.2, 0.25) is 0 Å². The Labute approximate surface area is 94.0 Å². The lowest BCUT2D eigenvalue weighted by Gasteiger charge is -2.07. The van der Waals surface area contributed by atoms with E-state index in [1.807, 2.05) is 19.1 Å². The molecule has 0 saturated carbocycles. The molecule has 0 aliphatic rings. The van der Waals surface area contributed by atoms with Gasteiger partial charge in [0.2, 0.25) is 0 Å².